The number of esters is 2. The van der Waals surface area contributed by atoms with Crippen LogP contribution in [0.5, 0.6) is 0 Å². The molecular formula is C17H20O4. The Morgan fingerprint density at radius 1 is 1.48 bits per heavy atom. The Bertz CT molecular complexity index is 614. The van der Waals surface area contributed by atoms with E-state index in [0.29, 0.717) is 30.3 Å². The molecule has 2 fully saturated rings. The third-order valence-corrected chi connectivity index (χ3v) is 6.11. The molecule has 0 amide bonds. The molecular weight excluding hydrogens is 268 g/mol. The number of hydrogen-bond donors (Lipinski definition) is 0. The van der Waals surface area contributed by atoms with Crippen molar-refractivity contribution in [2.75, 3.05) is 6.61 Å². The van der Waals surface area contributed by atoms with Crippen molar-refractivity contribution in [3.63, 3.8) is 0 Å². The van der Waals surface area contributed by atoms with Crippen LogP contribution in [0.2, 0.25) is 0 Å². The van der Waals surface area contributed by atoms with Crippen LogP contribution in [0.3, 0.4) is 0 Å². The van der Waals surface area contributed by atoms with Gasteiger partial charge in [-0.25, -0.2) is 4.79 Å². The normalized spacial score (nSPS) is 42.8. The van der Waals surface area contributed by atoms with Gasteiger partial charge in [-0.2, -0.15) is 0 Å². The first kappa shape index (κ1) is 13.1. The smallest absolute Gasteiger partial charge is 0.339 e. The van der Waals surface area contributed by atoms with Crippen LogP contribution in [0, 0.1) is 29.1 Å². The summed E-state index contributed by atoms with van der Waals surface area (Å²) in [6.07, 6.45) is 4.26. The van der Waals surface area contributed by atoms with Crippen molar-refractivity contribution in [3.8, 4) is 0 Å². The van der Waals surface area contributed by atoms with Crippen LogP contribution in [0.4, 0.5) is 0 Å². The third-order valence-electron chi connectivity index (χ3n) is 6.11. The Morgan fingerprint density at radius 3 is 2.95 bits per heavy atom. The molecule has 0 aromatic carbocycles. The zero-order valence-corrected chi connectivity index (χ0v) is 12.6. The van der Waals surface area contributed by atoms with E-state index in [9.17, 15) is 9.59 Å². The number of fused-ring (bicyclic) bond motifs is 4. The lowest BCUT2D eigenvalue weighted by Gasteiger charge is -2.39. The molecule has 0 saturated heterocycles. The average molecular weight is 288 g/mol. The molecule has 0 spiro atoms. The molecule has 0 aromatic heterocycles. The lowest BCUT2D eigenvalue weighted by Crippen LogP contribution is -2.34. The molecule has 1 heterocycles. The number of carbonyl (C=O) groups excluding carboxylic acids is 2. The van der Waals surface area contributed by atoms with Gasteiger partial charge in [0.25, 0.3) is 0 Å². The van der Waals surface area contributed by atoms with Gasteiger partial charge in [0, 0.05) is 24.0 Å². The van der Waals surface area contributed by atoms with Gasteiger partial charge in [0.1, 0.15) is 5.76 Å². The Balaban J connectivity index is 1.68. The first-order chi connectivity index (χ1) is 9.91. The minimum absolute atomic E-state index is 0.0826. The van der Waals surface area contributed by atoms with Crippen LogP contribution in [-0.2, 0) is 19.1 Å². The highest BCUT2D eigenvalue weighted by Crippen LogP contribution is 2.71. The maximum Gasteiger partial charge on any atom is 0.339 e. The van der Waals surface area contributed by atoms with E-state index < -0.39 is 0 Å². The molecule has 4 aliphatic rings. The lowest BCUT2D eigenvalue weighted by atomic mass is 9.66. The highest BCUT2D eigenvalue weighted by atomic mass is 16.5. The molecule has 5 unspecified atom stereocenters. The second-order valence-electron chi connectivity index (χ2n) is 7.15. The Morgan fingerprint density at radius 2 is 2.24 bits per heavy atom. The van der Waals surface area contributed by atoms with E-state index >= 15 is 0 Å². The van der Waals surface area contributed by atoms with Crippen molar-refractivity contribution in [1.29, 1.82) is 0 Å². The summed E-state index contributed by atoms with van der Waals surface area (Å²) in [6.45, 7) is 6.11. The summed E-state index contributed by atoms with van der Waals surface area (Å²) in [5.74, 6) is 2.55. The molecule has 0 aromatic rings. The summed E-state index contributed by atoms with van der Waals surface area (Å²) in [5.41, 5.74) is 1.89. The van der Waals surface area contributed by atoms with E-state index in [1.54, 1.807) is 0 Å². The van der Waals surface area contributed by atoms with Gasteiger partial charge in [-0.15, -0.1) is 0 Å². The van der Waals surface area contributed by atoms with Gasteiger partial charge in [-0.3, -0.25) is 4.79 Å². The van der Waals surface area contributed by atoms with E-state index in [-0.39, 0.29) is 17.4 Å². The molecule has 1 aliphatic heterocycles. The zero-order chi connectivity index (χ0) is 14.9. The van der Waals surface area contributed by atoms with E-state index in [0.717, 1.165) is 23.3 Å². The van der Waals surface area contributed by atoms with Crippen LogP contribution < -0.4 is 0 Å². The Kier molecular flexibility index (Phi) is 2.49. The van der Waals surface area contributed by atoms with Gasteiger partial charge in [-0.1, -0.05) is 6.92 Å². The predicted octanol–water partition coefficient (Wildman–Crippen LogP) is 2.60. The van der Waals surface area contributed by atoms with Crippen molar-refractivity contribution in [2.24, 2.45) is 29.1 Å². The summed E-state index contributed by atoms with van der Waals surface area (Å²) in [5, 5.41) is 0. The summed E-state index contributed by atoms with van der Waals surface area (Å²) >= 11 is 0. The van der Waals surface area contributed by atoms with Gasteiger partial charge in [0.05, 0.1) is 6.61 Å². The Hall–Kier alpha value is -1.58. The van der Waals surface area contributed by atoms with Crippen LogP contribution in [0.1, 0.15) is 33.6 Å². The minimum Gasteiger partial charge on any atom is -0.466 e. The molecule has 21 heavy (non-hydrogen) atoms. The molecule has 3 aliphatic carbocycles. The summed E-state index contributed by atoms with van der Waals surface area (Å²) in [7, 11) is 0. The molecule has 4 heteroatoms. The van der Waals surface area contributed by atoms with Gasteiger partial charge in [-0.05, 0) is 49.0 Å². The topological polar surface area (TPSA) is 52.6 Å². The van der Waals surface area contributed by atoms with E-state index in [1.807, 2.05) is 6.92 Å². The molecule has 5 atom stereocenters. The van der Waals surface area contributed by atoms with Crippen molar-refractivity contribution >= 4 is 11.9 Å². The van der Waals surface area contributed by atoms with Crippen molar-refractivity contribution in [3.05, 3.63) is 23.0 Å². The number of hydrogen-bond acceptors (Lipinski definition) is 4. The Labute approximate surface area is 124 Å². The predicted molar refractivity (Wildman–Crippen MR) is 74.8 cm³/mol. The van der Waals surface area contributed by atoms with Crippen molar-refractivity contribution in [2.45, 2.75) is 33.6 Å². The van der Waals surface area contributed by atoms with Crippen LogP contribution in [-0.4, -0.2) is 18.5 Å². The zero-order valence-electron chi connectivity index (χ0n) is 12.6. The number of allylic oxidation sites excluding steroid dienone is 2. The third kappa shape index (κ3) is 1.68. The molecule has 112 valence electrons. The molecule has 4 rings (SSSR count). The number of carbonyl (C=O) groups is 2. The van der Waals surface area contributed by atoms with Gasteiger partial charge in [0.15, 0.2) is 0 Å². The lowest BCUT2D eigenvalue weighted by molar-refractivity contribution is -0.143. The summed E-state index contributed by atoms with van der Waals surface area (Å²) < 4.78 is 10.7. The van der Waals surface area contributed by atoms with Crippen molar-refractivity contribution in [1.82, 2.24) is 0 Å². The van der Waals surface area contributed by atoms with E-state index in [1.165, 1.54) is 13.3 Å². The molecule has 4 nitrogen and oxygen atoms in total. The monoisotopic (exact) mass is 288 g/mol. The highest BCUT2D eigenvalue weighted by Gasteiger charge is 2.66. The van der Waals surface area contributed by atoms with E-state index in [4.69, 9.17) is 9.47 Å². The first-order valence-corrected chi connectivity index (χ1v) is 7.70. The second kappa shape index (κ2) is 3.99. The number of ether oxygens (including phenoxy) is 2. The van der Waals surface area contributed by atoms with Gasteiger partial charge < -0.3 is 9.47 Å². The first-order valence-electron chi connectivity index (χ1n) is 7.70. The van der Waals surface area contributed by atoms with Crippen LogP contribution >= 0.6 is 0 Å². The largest absolute Gasteiger partial charge is 0.466 e. The fourth-order valence-corrected chi connectivity index (χ4v) is 4.90. The maximum atomic E-state index is 11.8. The van der Waals surface area contributed by atoms with E-state index in [2.05, 4.69) is 13.0 Å². The van der Waals surface area contributed by atoms with Crippen LogP contribution in [0.25, 0.3) is 0 Å². The molecule has 0 radical (unpaired) electrons. The van der Waals surface area contributed by atoms with Gasteiger partial charge >= 0.3 is 11.9 Å². The highest BCUT2D eigenvalue weighted by molar-refractivity contribution is 5.94. The molecule has 2 saturated carbocycles. The quantitative estimate of drug-likeness (QED) is 0.733. The SMILES string of the molecule is CC(=O)OCC1C2CC2C2(C)C=C3OC(=O)C(C)=C3CC12. The summed E-state index contributed by atoms with van der Waals surface area (Å²) in [6, 6.07) is 0. The standard InChI is InChI=1S/C17H20O4/c1-8-10-4-14-12(7-20-9(2)18)11-5-13(11)17(14,3)6-15(10)21-16(8)19/h6,11-14H,4-5,7H2,1-3H3. The molecule has 0 N–H and O–H groups in total. The number of rotatable bonds is 2. The fourth-order valence-electron chi connectivity index (χ4n) is 4.90. The molecule has 0 bridgehead atoms. The average Bonchev–Trinajstić information content (AvgIpc) is 3.11. The summed E-state index contributed by atoms with van der Waals surface area (Å²) in [4.78, 5) is 22.9. The second-order valence-corrected chi connectivity index (χ2v) is 7.15. The fraction of sp³-hybridized carbons (Fsp3) is 0.647. The van der Waals surface area contributed by atoms with Crippen LogP contribution in [0.15, 0.2) is 23.0 Å². The minimum atomic E-state index is -0.206. The maximum absolute atomic E-state index is 11.8. The van der Waals surface area contributed by atoms with Crippen molar-refractivity contribution < 1.29 is 19.1 Å². The van der Waals surface area contributed by atoms with Gasteiger partial charge in [0.2, 0.25) is 0 Å².